The molecule has 2 nitrogen and oxygen atoms in total. The molecule has 84 valence electrons. The first-order chi connectivity index (χ1) is 6.47. The van der Waals surface area contributed by atoms with Gasteiger partial charge in [0.25, 0.3) is 0 Å². The van der Waals surface area contributed by atoms with Crippen LogP contribution >= 0.6 is 0 Å². The van der Waals surface area contributed by atoms with Gasteiger partial charge in [0.05, 0.1) is 12.2 Å². The number of ether oxygens (including phenoxy) is 1. The van der Waals surface area contributed by atoms with Crippen LogP contribution in [0.1, 0.15) is 33.6 Å². The summed E-state index contributed by atoms with van der Waals surface area (Å²) in [4.78, 5) is 2.15. The lowest BCUT2D eigenvalue weighted by Crippen LogP contribution is -2.39. The average molecular weight is 203 g/mol. The molecule has 1 heterocycles. The third-order valence-corrected chi connectivity index (χ3v) is 2.39. The van der Waals surface area contributed by atoms with Gasteiger partial charge in [0, 0.05) is 13.1 Å². The predicted octanol–water partition coefficient (Wildman–Crippen LogP) is 2.24. The lowest BCUT2D eigenvalue weighted by Gasteiger charge is -2.30. The van der Waals surface area contributed by atoms with Gasteiger partial charge in [-0.3, -0.25) is 4.90 Å². The molecule has 3 heteroatoms. The van der Waals surface area contributed by atoms with Gasteiger partial charge in [0.15, 0.2) is 0 Å². The molecule has 0 aliphatic carbocycles. The van der Waals surface area contributed by atoms with Gasteiger partial charge in [-0.15, -0.1) is 0 Å². The van der Waals surface area contributed by atoms with Crippen LogP contribution in [0.3, 0.4) is 0 Å². The fourth-order valence-corrected chi connectivity index (χ4v) is 1.68. The Morgan fingerprint density at radius 3 is 2.71 bits per heavy atom. The van der Waals surface area contributed by atoms with E-state index in [4.69, 9.17) is 4.74 Å². The highest BCUT2D eigenvalue weighted by molar-refractivity contribution is 4.72. The first-order valence-electron chi connectivity index (χ1n) is 5.48. The van der Waals surface area contributed by atoms with Gasteiger partial charge in [-0.25, -0.2) is 4.39 Å². The van der Waals surface area contributed by atoms with E-state index in [1.807, 2.05) is 20.8 Å². The molecule has 0 aromatic heterocycles. The van der Waals surface area contributed by atoms with Crippen molar-refractivity contribution in [3.8, 4) is 0 Å². The summed E-state index contributed by atoms with van der Waals surface area (Å²) in [6.45, 7) is 9.30. The molecule has 14 heavy (non-hydrogen) atoms. The third kappa shape index (κ3) is 4.91. The van der Waals surface area contributed by atoms with E-state index in [1.54, 1.807) is 0 Å². The fourth-order valence-electron chi connectivity index (χ4n) is 1.68. The monoisotopic (exact) mass is 203 g/mol. The summed E-state index contributed by atoms with van der Waals surface area (Å²) in [5.41, 5.74) is -0.0785. The Morgan fingerprint density at radius 2 is 2.14 bits per heavy atom. The molecule has 0 spiro atoms. The summed E-state index contributed by atoms with van der Waals surface area (Å²) in [6, 6.07) is 0. The third-order valence-electron chi connectivity index (χ3n) is 2.39. The summed E-state index contributed by atoms with van der Waals surface area (Å²) in [5.74, 6) is 0. The van der Waals surface area contributed by atoms with Crippen molar-refractivity contribution in [1.82, 2.24) is 4.90 Å². The summed E-state index contributed by atoms with van der Waals surface area (Å²) >= 11 is 0. The van der Waals surface area contributed by atoms with Crippen molar-refractivity contribution in [1.29, 1.82) is 0 Å². The van der Waals surface area contributed by atoms with E-state index in [0.717, 1.165) is 25.9 Å². The van der Waals surface area contributed by atoms with Crippen molar-refractivity contribution in [2.75, 3.05) is 26.2 Å². The zero-order valence-corrected chi connectivity index (χ0v) is 9.55. The maximum absolute atomic E-state index is 13.0. The van der Waals surface area contributed by atoms with Gasteiger partial charge >= 0.3 is 0 Å². The number of piperidine rings is 1. The molecule has 1 atom stereocenters. The summed E-state index contributed by atoms with van der Waals surface area (Å²) in [7, 11) is 0. The first-order valence-corrected chi connectivity index (χ1v) is 5.48. The second-order valence-electron chi connectivity index (χ2n) is 5.00. The SMILES string of the molecule is CC(C)(C)OCCN1CCCC(F)C1. The molecule has 0 amide bonds. The molecule has 1 aliphatic heterocycles. The lowest BCUT2D eigenvalue weighted by atomic mass is 10.1. The number of halogens is 1. The Kier molecular flexibility index (Phi) is 4.32. The van der Waals surface area contributed by atoms with Crippen LogP contribution in [-0.2, 0) is 4.74 Å². The number of nitrogens with zero attached hydrogens (tertiary/aromatic N) is 1. The maximum Gasteiger partial charge on any atom is 0.113 e. The van der Waals surface area contributed by atoms with Gasteiger partial charge in [-0.05, 0) is 40.2 Å². The van der Waals surface area contributed by atoms with Crippen LogP contribution in [0.15, 0.2) is 0 Å². The molecule has 1 aliphatic rings. The van der Waals surface area contributed by atoms with Crippen molar-refractivity contribution >= 4 is 0 Å². The molecule has 0 saturated carbocycles. The number of hydrogen-bond acceptors (Lipinski definition) is 2. The molecule has 0 radical (unpaired) electrons. The number of rotatable bonds is 3. The largest absolute Gasteiger partial charge is 0.375 e. The smallest absolute Gasteiger partial charge is 0.113 e. The van der Waals surface area contributed by atoms with Crippen molar-refractivity contribution in [2.45, 2.75) is 45.4 Å². The minimum atomic E-state index is -0.626. The molecule has 1 saturated heterocycles. The topological polar surface area (TPSA) is 12.5 Å². The van der Waals surface area contributed by atoms with Crippen LogP contribution < -0.4 is 0 Å². The molecule has 0 N–H and O–H groups in total. The minimum Gasteiger partial charge on any atom is -0.375 e. The van der Waals surface area contributed by atoms with Crippen LogP contribution in [0.4, 0.5) is 4.39 Å². The lowest BCUT2D eigenvalue weighted by molar-refractivity contribution is -0.0180. The zero-order valence-electron chi connectivity index (χ0n) is 9.55. The average Bonchev–Trinajstić information content (AvgIpc) is 2.01. The molecule has 1 fully saturated rings. The minimum absolute atomic E-state index is 0.0785. The fraction of sp³-hybridized carbons (Fsp3) is 1.00. The molecule has 1 rings (SSSR count). The second-order valence-corrected chi connectivity index (χ2v) is 5.00. The Morgan fingerprint density at radius 1 is 1.43 bits per heavy atom. The number of likely N-dealkylation sites (tertiary alicyclic amines) is 1. The van der Waals surface area contributed by atoms with E-state index < -0.39 is 6.17 Å². The van der Waals surface area contributed by atoms with E-state index in [1.165, 1.54) is 0 Å². The van der Waals surface area contributed by atoms with Crippen LogP contribution in [0, 0.1) is 0 Å². The molecule has 0 aromatic rings. The molecule has 0 aromatic carbocycles. The highest BCUT2D eigenvalue weighted by Gasteiger charge is 2.19. The van der Waals surface area contributed by atoms with Gasteiger partial charge in [0.2, 0.25) is 0 Å². The quantitative estimate of drug-likeness (QED) is 0.697. The van der Waals surface area contributed by atoms with Crippen molar-refractivity contribution in [3.63, 3.8) is 0 Å². The summed E-state index contributed by atoms with van der Waals surface area (Å²) in [6.07, 6.45) is 1.09. The van der Waals surface area contributed by atoms with E-state index in [0.29, 0.717) is 13.2 Å². The summed E-state index contributed by atoms with van der Waals surface area (Å²) in [5, 5.41) is 0. The normalized spacial score (nSPS) is 25.3. The number of hydrogen-bond donors (Lipinski definition) is 0. The summed E-state index contributed by atoms with van der Waals surface area (Å²) < 4.78 is 18.6. The van der Waals surface area contributed by atoms with Crippen molar-refractivity contribution in [3.05, 3.63) is 0 Å². The Balaban J connectivity index is 2.12. The Bertz CT molecular complexity index is 167. The Labute approximate surface area is 86.4 Å². The second kappa shape index (κ2) is 5.08. The van der Waals surface area contributed by atoms with E-state index in [9.17, 15) is 4.39 Å². The van der Waals surface area contributed by atoms with Crippen LogP contribution in [0.2, 0.25) is 0 Å². The molecule has 0 bridgehead atoms. The maximum atomic E-state index is 13.0. The Hall–Kier alpha value is -0.150. The van der Waals surface area contributed by atoms with Crippen LogP contribution in [0.5, 0.6) is 0 Å². The van der Waals surface area contributed by atoms with Crippen molar-refractivity contribution < 1.29 is 9.13 Å². The van der Waals surface area contributed by atoms with Crippen LogP contribution in [-0.4, -0.2) is 42.9 Å². The first kappa shape index (κ1) is 11.9. The van der Waals surface area contributed by atoms with E-state index in [2.05, 4.69) is 4.90 Å². The van der Waals surface area contributed by atoms with Crippen molar-refractivity contribution in [2.24, 2.45) is 0 Å². The van der Waals surface area contributed by atoms with E-state index >= 15 is 0 Å². The zero-order chi connectivity index (χ0) is 10.6. The van der Waals surface area contributed by atoms with Gasteiger partial charge in [-0.2, -0.15) is 0 Å². The van der Waals surface area contributed by atoms with Gasteiger partial charge in [0.1, 0.15) is 6.17 Å². The molecule has 1 unspecified atom stereocenters. The number of alkyl halides is 1. The molecular weight excluding hydrogens is 181 g/mol. The van der Waals surface area contributed by atoms with E-state index in [-0.39, 0.29) is 5.60 Å². The highest BCUT2D eigenvalue weighted by atomic mass is 19.1. The van der Waals surface area contributed by atoms with Gasteiger partial charge in [-0.1, -0.05) is 0 Å². The van der Waals surface area contributed by atoms with Crippen LogP contribution in [0.25, 0.3) is 0 Å². The highest BCUT2D eigenvalue weighted by Crippen LogP contribution is 2.13. The predicted molar refractivity (Wildman–Crippen MR) is 56.3 cm³/mol. The van der Waals surface area contributed by atoms with Gasteiger partial charge < -0.3 is 4.74 Å². The molecular formula is C11H22FNO. The standard InChI is InChI=1S/C11H22FNO/c1-11(2,3)14-8-7-13-6-4-5-10(12)9-13/h10H,4-9H2,1-3H3.